The second kappa shape index (κ2) is 5.52. The van der Waals surface area contributed by atoms with Crippen molar-refractivity contribution in [2.24, 2.45) is 0 Å². The van der Waals surface area contributed by atoms with Crippen LogP contribution in [-0.4, -0.2) is 47.2 Å². The Labute approximate surface area is 116 Å². The van der Waals surface area contributed by atoms with E-state index < -0.39 is 0 Å². The highest BCUT2D eigenvalue weighted by Gasteiger charge is 2.18. The number of carbonyl (C=O) groups is 1. The number of aromatic nitrogens is 2. The zero-order chi connectivity index (χ0) is 14.0. The monoisotopic (exact) mass is 279 g/mol. The van der Waals surface area contributed by atoms with Crippen LogP contribution in [0.3, 0.4) is 0 Å². The predicted molar refractivity (Wildman–Crippen MR) is 76.7 cm³/mol. The van der Waals surface area contributed by atoms with E-state index in [1.807, 2.05) is 25.1 Å². The minimum atomic E-state index is -0.169. The summed E-state index contributed by atoms with van der Waals surface area (Å²) >= 11 is 1.42. The number of carbonyl (C=O) groups excluding carboxylic acids is 1. The van der Waals surface area contributed by atoms with Crippen LogP contribution in [0.5, 0.6) is 5.75 Å². The lowest BCUT2D eigenvalue weighted by Gasteiger charge is -2.14. The van der Waals surface area contributed by atoms with Crippen molar-refractivity contribution in [1.29, 1.82) is 0 Å². The van der Waals surface area contributed by atoms with Crippen LogP contribution in [0, 0.1) is 0 Å². The second-order valence-electron chi connectivity index (χ2n) is 4.42. The Morgan fingerprint density at radius 3 is 2.84 bits per heavy atom. The van der Waals surface area contributed by atoms with Crippen LogP contribution < -0.4 is 4.74 Å². The first-order chi connectivity index (χ1) is 9.01. The lowest BCUT2D eigenvalue weighted by Crippen LogP contribution is -2.29. The first kappa shape index (κ1) is 13.7. The van der Waals surface area contributed by atoms with Gasteiger partial charge in [0, 0.05) is 20.2 Å². The van der Waals surface area contributed by atoms with Gasteiger partial charge in [-0.05, 0) is 19.1 Å². The Hall–Kier alpha value is -1.69. The van der Waals surface area contributed by atoms with Crippen molar-refractivity contribution in [2.45, 2.75) is 17.3 Å². The number of nitrogens with one attached hydrogen (secondary N) is 1. The molecule has 102 valence electrons. The number of imidazole rings is 1. The van der Waals surface area contributed by atoms with Crippen molar-refractivity contribution in [3.05, 3.63) is 18.2 Å². The van der Waals surface area contributed by atoms with E-state index in [4.69, 9.17) is 4.74 Å². The Morgan fingerprint density at radius 1 is 1.47 bits per heavy atom. The highest BCUT2D eigenvalue weighted by atomic mass is 32.2. The maximum atomic E-state index is 11.8. The van der Waals surface area contributed by atoms with Crippen molar-refractivity contribution in [3.8, 4) is 5.75 Å². The molecule has 0 bridgehead atoms. The van der Waals surface area contributed by atoms with Gasteiger partial charge >= 0.3 is 0 Å². The number of hydrogen-bond donors (Lipinski definition) is 1. The Kier molecular flexibility index (Phi) is 3.99. The van der Waals surface area contributed by atoms with Gasteiger partial charge in [-0.15, -0.1) is 0 Å². The maximum Gasteiger partial charge on any atom is 0.235 e. The van der Waals surface area contributed by atoms with Crippen LogP contribution in [0.4, 0.5) is 0 Å². The molecule has 0 radical (unpaired) electrons. The zero-order valence-electron chi connectivity index (χ0n) is 11.4. The molecule has 6 heteroatoms. The molecule has 0 saturated heterocycles. The van der Waals surface area contributed by atoms with Gasteiger partial charge < -0.3 is 14.6 Å². The van der Waals surface area contributed by atoms with Gasteiger partial charge in [-0.25, -0.2) is 4.98 Å². The Bertz CT molecular complexity index is 595. The van der Waals surface area contributed by atoms with Gasteiger partial charge in [-0.2, -0.15) is 0 Å². The molecule has 0 saturated carbocycles. The topological polar surface area (TPSA) is 58.2 Å². The van der Waals surface area contributed by atoms with Crippen LogP contribution in [0.1, 0.15) is 6.92 Å². The lowest BCUT2D eigenvalue weighted by atomic mass is 10.3. The van der Waals surface area contributed by atoms with Crippen LogP contribution in [0.15, 0.2) is 23.4 Å². The number of thioether (sulfide) groups is 1. The molecular formula is C13H17N3O2S. The summed E-state index contributed by atoms with van der Waals surface area (Å²) < 4.78 is 5.17. The van der Waals surface area contributed by atoms with Gasteiger partial charge in [-0.1, -0.05) is 11.8 Å². The number of amides is 1. The SMILES string of the molecule is COc1ccc2nc(SC(C)C(=O)N(C)C)[nH]c2c1. The molecule has 1 aromatic carbocycles. The fourth-order valence-electron chi connectivity index (χ4n) is 1.73. The van der Waals surface area contributed by atoms with Gasteiger partial charge in [0.05, 0.1) is 23.4 Å². The number of benzene rings is 1. The Balaban J connectivity index is 2.19. The molecular weight excluding hydrogens is 262 g/mol. The second-order valence-corrected chi connectivity index (χ2v) is 5.75. The number of rotatable bonds is 4. The van der Waals surface area contributed by atoms with E-state index in [9.17, 15) is 4.79 Å². The molecule has 1 aromatic heterocycles. The predicted octanol–water partition coefficient (Wildman–Crippen LogP) is 2.14. The molecule has 19 heavy (non-hydrogen) atoms. The largest absolute Gasteiger partial charge is 0.497 e. The zero-order valence-corrected chi connectivity index (χ0v) is 12.2. The molecule has 2 rings (SSSR count). The number of methoxy groups -OCH3 is 1. The average molecular weight is 279 g/mol. The van der Waals surface area contributed by atoms with E-state index in [-0.39, 0.29) is 11.2 Å². The summed E-state index contributed by atoms with van der Waals surface area (Å²) in [5.41, 5.74) is 1.78. The van der Waals surface area contributed by atoms with E-state index in [1.165, 1.54) is 11.8 Å². The van der Waals surface area contributed by atoms with Crippen molar-refractivity contribution in [1.82, 2.24) is 14.9 Å². The summed E-state index contributed by atoms with van der Waals surface area (Å²) in [6, 6.07) is 5.66. The van der Waals surface area contributed by atoms with Crippen molar-refractivity contribution < 1.29 is 9.53 Å². The molecule has 1 N–H and O–H groups in total. The first-order valence-electron chi connectivity index (χ1n) is 5.93. The van der Waals surface area contributed by atoms with E-state index in [0.717, 1.165) is 21.9 Å². The standard InChI is InChI=1S/C13H17N3O2S/c1-8(12(17)16(2)3)19-13-14-10-6-5-9(18-4)7-11(10)15-13/h5-8H,1-4H3,(H,14,15). The van der Waals surface area contributed by atoms with E-state index in [1.54, 1.807) is 26.1 Å². The van der Waals surface area contributed by atoms with Gasteiger partial charge in [0.25, 0.3) is 0 Å². The molecule has 0 aliphatic rings. The fourth-order valence-corrected chi connectivity index (χ4v) is 2.70. The van der Waals surface area contributed by atoms with Crippen LogP contribution in [-0.2, 0) is 4.79 Å². The molecule has 1 heterocycles. The number of ether oxygens (including phenoxy) is 1. The summed E-state index contributed by atoms with van der Waals surface area (Å²) in [5, 5.41) is 0.573. The van der Waals surface area contributed by atoms with Gasteiger partial charge in [-0.3, -0.25) is 4.79 Å². The molecule has 1 unspecified atom stereocenters. The number of nitrogens with zero attached hydrogens (tertiary/aromatic N) is 2. The molecule has 5 nitrogen and oxygen atoms in total. The van der Waals surface area contributed by atoms with Gasteiger partial charge in [0.15, 0.2) is 5.16 Å². The normalized spacial score (nSPS) is 12.4. The Morgan fingerprint density at radius 2 is 2.21 bits per heavy atom. The van der Waals surface area contributed by atoms with Gasteiger partial charge in [0.2, 0.25) is 5.91 Å². The average Bonchev–Trinajstić information content (AvgIpc) is 2.78. The van der Waals surface area contributed by atoms with E-state index >= 15 is 0 Å². The smallest absolute Gasteiger partial charge is 0.235 e. The number of fused-ring (bicyclic) bond motifs is 1. The third-order valence-electron chi connectivity index (χ3n) is 2.74. The highest BCUT2D eigenvalue weighted by molar-refractivity contribution is 8.00. The first-order valence-corrected chi connectivity index (χ1v) is 6.81. The minimum absolute atomic E-state index is 0.0723. The molecule has 2 aromatic rings. The fraction of sp³-hybridized carbons (Fsp3) is 0.385. The molecule has 1 atom stereocenters. The van der Waals surface area contributed by atoms with E-state index in [0.29, 0.717) is 0 Å². The van der Waals surface area contributed by atoms with Crippen molar-refractivity contribution >= 4 is 28.7 Å². The lowest BCUT2D eigenvalue weighted by molar-refractivity contribution is -0.127. The van der Waals surface area contributed by atoms with Crippen LogP contribution >= 0.6 is 11.8 Å². The summed E-state index contributed by atoms with van der Waals surface area (Å²) in [5.74, 6) is 0.855. The molecule has 1 amide bonds. The third kappa shape index (κ3) is 3.01. The third-order valence-corrected chi connectivity index (χ3v) is 3.72. The summed E-state index contributed by atoms with van der Waals surface area (Å²) in [7, 11) is 5.14. The summed E-state index contributed by atoms with van der Waals surface area (Å²) in [4.78, 5) is 21.0. The quantitative estimate of drug-likeness (QED) is 0.871. The summed E-state index contributed by atoms with van der Waals surface area (Å²) in [6.45, 7) is 1.88. The van der Waals surface area contributed by atoms with Crippen LogP contribution in [0.2, 0.25) is 0 Å². The molecule has 0 aliphatic carbocycles. The van der Waals surface area contributed by atoms with Gasteiger partial charge in [0.1, 0.15) is 5.75 Å². The minimum Gasteiger partial charge on any atom is -0.497 e. The molecule has 0 spiro atoms. The van der Waals surface area contributed by atoms with Crippen molar-refractivity contribution in [3.63, 3.8) is 0 Å². The van der Waals surface area contributed by atoms with Crippen LogP contribution in [0.25, 0.3) is 11.0 Å². The van der Waals surface area contributed by atoms with Crippen molar-refractivity contribution in [2.75, 3.05) is 21.2 Å². The summed E-state index contributed by atoms with van der Waals surface area (Å²) in [6.07, 6.45) is 0. The molecule has 0 fully saturated rings. The number of H-pyrrole nitrogens is 1. The number of aromatic amines is 1. The number of hydrogen-bond acceptors (Lipinski definition) is 4. The molecule has 0 aliphatic heterocycles. The maximum absolute atomic E-state index is 11.8. The van der Waals surface area contributed by atoms with E-state index in [2.05, 4.69) is 9.97 Å². The highest BCUT2D eigenvalue weighted by Crippen LogP contribution is 2.26.